The summed E-state index contributed by atoms with van der Waals surface area (Å²) >= 11 is 0. The molecule has 32 heavy (non-hydrogen) atoms. The molecule has 0 fully saturated rings. The molecule has 5 N–H and O–H groups in total. The predicted molar refractivity (Wildman–Crippen MR) is 117 cm³/mol. The molecule has 0 aliphatic heterocycles. The number of hydrogen-bond acceptors (Lipinski definition) is 8. The van der Waals surface area contributed by atoms with E-state index in [0.717, 1.165) is 12.0 Å². The second-order valence-corrected chi connectivity index (χ2v) is 7.65. The summed E-state index contributed by atoms with van der Waals surface area (Å²) in [6, 6.07) is 8.69. The van der Waals surface area contributed by atoms with E-state index >= 15 is 0 Å². The molecule has 2 aromatic heterocycles. The van der Waals surface area contributed by atoms with Crippen LogP contribution in [-0.2, 0) is 0 Å². The Bertz CT molecular complexity index is 1060. The van der Waals surface area contributed by atoms with Gasteiger partial charge in [0, 0.05) is 24.0 Å². The fraction of sp³-hybridized carbons (Fsp3) is 0.391. The number of nitrogens with zero attached hydrogens (tertiary/aromatic N) is 3. The van der Waals surface area contributed by atoms with Crippen LogP contribution < -0.4 is 10.5 Å². The molecule has 0 saturated heterocycles. The molecular formula is C23H28N4O5. The van der Waals surface area contributed by atoms with Gasteiger partial charge in [0.15, 0.2) is 0 Å². The molecule has 0 aliphatic carbocycles. The van der Waals surface area contributed by atoms with Crippen LogP contribution in [-0.4, -0.2) is 55.4 Å². The van der Waals surface area contributed by atoms with Crippen molar-refractivity contribution in [3.05, 3.63) is 65.6 Å². The Morgan fingerprint density at radius 3 is 2.56 bits per heavy atom. The van der Waals surface area contributed by atoms with E-state index in [9.17, 15) is 15.3 Å². The highest BCUT2D eigenvalue weighted by Gasteiger charge is 2.24. The molecule has 0 bridgehead atoms. The maximum atomic E-state index is 9.93. The first kappa shape index (κ1) is 23.5. The molecule has 0 amide bonds. The van der Waals surface area contributed by atoms with Crippen LogP contribution in [0, 0.1) is 11.8 Å². The molecule has 9 heteroatoms. The largest absolute Gasteiger partial charge is 0.491 e. The van der Waals surface area contributed by atoms with Crippen molar-refractivity contribution in [1.29, 1.82) is 0 Å². The van der Waals surface area contributed by atoms with E-state index in [4.69, 9.17) is 15.0 Å². The van der Waals surface area contributed by atoms with Crippen LogP contribution in [0.3, 0.4) is 0 Å². The molecule has 3 rings (SSSR count). The minimum absolute atomic E-state index is 0.0157. The number of benzene rings is 1. The third-order valence-electron chi connectivity index (χ3n) is 5.00. The molecule has 9 nitrogen and oxygen atoms in total. The Morgan fingerprint density at radius 2 is 1.94 bits per heavy atom. The lowest BCUT2D eigenvalue weighted by atomic mass is 10.1. The van der Waals surface area contributed by atoms with Gasteiger partial charge in [-0.15, -0.1) is 0 Å². The number of aromatic nitrogens is 3. The summed E-state index contributed by atoms with van der Waals surface area (Å²) in [6.45, 7) is 2.92. The minimum atomic E-state index is -1.19. The summed E-state index contributed by atoms with van der Waals surface area (Å²) in [6.07, 6.45) is 3.52. The van der Waals surface area contributed by atoms with E-state index < -0.39 is 11.6 Å². The Hall–Kier alpha value is -3.16. The lowest BCUT2D eigenvalue weighted by Gasteiger charge is -2.24. The molecule has 0 spiro atoms. The van der Waals surface area contributed by atoms with Gasteiger partial charge in [-0.05, 0) is 43.5 Å². The Balaban J connectivity index is 1.68. The van der Waals surface area contributed by atoms with Gasteiger partial charge in [0.1, 0.15) is 30.0 Å². The van der Waals surface area contributed by atoms with Crippen molar-refractivity contribution in [2.75, 3.05) is 19.8 Å². The molecule has 3 aromatic rings. The fourth-order valence-corrected chi connectivity index (χ4v) is 3.10. The Kier molecular flexibility index (Phi) is 7.66. The van der Waals surface area contributed by atoms with Gasteiger partial charge in [0.2, 0.25) is 5.76 Å². The number of hydrogen-bond donors (Lipinski definition) is 4. The van der Waals surface area contributed by atoms with Gasteiger partial charge in [-0.3, -0.25) is 0 Å². The number of nitrogens with two attached hydrogens (primary N) is 1. The first-order valence-electron chi connectivity index (χ1n) is 10.3. The van der Waals surface area contributed by atoms with Crippen LogP contribution in [0.25, 0.3) is 0 Å². The molecule has 0 aliphatic rings. The van der Waals surface area contributed by atoms with Crippen LogP contribution in [0.1, 0.15) is 55.3 Å². The predicted octanol–water partition coefficient (Wildman–Crippen LogP) is 1.38. The van der Waals surface area contributed by atoms with Gasteiger partial charge >= 0.3 is 0 Å². The highest BCUT2D eigenvalue weighted by Crippen LogP contribution is 2.25. The first-order chi connectivity index (χ1) is 15.4. The monoisotopic (exact) mass is 440 g/mol. The van der Waals surface area contributed by atoms with Gasteiger partial charge in [-0.2, -0.15) is 0 Å². The molecule has 0 unspecified atom stereocenters. The van der Waals surface area contributed by atoms with E-state index in [2.05, 4.69) is 22.0 Å². The second kappa shape index (κ2) is 10.4. The zero-order chi connectivity index (χ0) is 23.1. The maximum Gasteiger partial charge on any atom is 0.210 e. The van der Waals surface area contributed by atoms with Gasteiger partial charge in [0.25, 0.3) is 0 Å². The van der Waals surface area contributed by atoms with Gasteiger partial charge in [0.05, 0.1) is 24.8 Å². The van der Waals surface area contributed by atoms with Crippen molar-refractivity contribution < 1.29 is 24.6 Å². The number of imidazole rings is 1. The summed E-state index contributed by atoms with van der Waals surface area (Å²) < 4.78 is 12.8. The van der Waals surface area contributed by atoms with Crippen molar-refractivity contribution in [1.82, 2.24) is 14.7 Å². The number of ether oxygens (including phenoxy) is 1. The van der Waals surface area contributed by atoms with Crippen molar-refractivity contribution in [2.24, 2.45) is 5.73 Å². The van der Waals surface area contributed by atoms with Gasteiger partial charge in [-0.1, -0.05) is 18.0 Å². The topological polar surface area (TPSA) is 140 Å². The highest BCUT2D eigenvalue weighted by molar-refractivity contribution is 5.42. The van der Waals surface area contributed by atoms with Crippen LogP contribution in [0.2, 0.25) is 0 Å². The highest BCUT2D eigenvalue weighted by atomic mass is 16.5. The molecular weight excluding hydrogens is 412 g/mol. The number of rotatable bonds is 9. The standard InChI is InChI=1S/C23H28N4O5/c1-3-21(27-11-10-25-22(27)16(2)30)20-12-19(32-26-20)9-6-17-4-7-18(8-5-17)31-15-23(24,13-28)14-29/h4-5,7-8,10-12,16,21,28-30H,3,13-15,24H2,1-2H3/t16-,21+/m0/s1. The lowest BCUT2D eigenvalue weighted by molar-refractivity contribution is 0.0785. The van der Waals surface area contributed by atoms with E-state index in [1.165, 1.54) is 0 Å². The van der Waals surface area contributed by atoms with E-state index in [1.54, 1.807) is 43.5 Å². The molecule has 0 saturated carbocycles. The summed E-state index contributed by atoms with van der Waals surface area (Å²) in [7, 11) is 0. The Morgan fingerprint density at radius 1 is 1.22 bits per heavy atom. The first-order valence-corrected chi connectivity index (χ1v) is 10.3. The summed E-state index contributed by atoms with van der Waals surface area (Å²) in [4.78, 5) is 4.22. The average molecular weight is 441 g/mol. The molecule has 2 heterocycles. The maximum absolute atomic E-state index is 9.93. The summed E-state index contributed by atoms with van der Waals surface area (Å²) in [5.41, 5.74) is 6.06. The van der Waals surface area contributed by atoms with Gasteiger partial charge < -0.3 is 34.9 Å². The summed E-state index contributed by atoms with van der Waals surface area (Å²) in [5.74, 6) is 7.52. The fourth-order valence-electron chi connectivity index (χ4n) is 3.10. The quantitative estimate of drug-likeness (QED) is 0.366. The number of aliphatic hydroxyl groups is 3. The molecule has 2 atom stereocenters. The van der Waals surface area contributed by atoms with Crippen molar-refractivity contribution in [2.45, 2.75) is 38.0 Å². The SMILES string of the molecule is CC[C@H](c1cc(C#Cc2ccc(OCC(N)(CO)CO)cc2)on1)n1ccnc1[C@H](C)O. The smallest absolute Gasteiger partial charge is 0.210 e. The van der Waals surface area contributed by atoms with Crippen LogP contribution >= 0.6 is 0 Å². The summed E-state index contributed by atoms with van der Waals surface area (Å²) in [5, 5.41) is 32.5. The number of aliphatic hydroxyl groups excluding tert-OH is 3. The Labute approximate surface area is 186 Å². The molecule has 0 radical (unpaired) electrons. The van der Waals surface area contributed by atoms with Crippen LogP contribution in [0.4, 0.5) is 0 Å². The normalized spacial score (nSPS) is 13.3. The van der Waals surface area contributed by atoms with Crippen LogP contribution in [0.15, 0.2) is 47.2 Å². The van der Waals surface area contributed by atoms with Crippen LogP contribution in [0.5, 0.6) is 5.75 Å². The minimum Gasteiger partial charge on any atom is -0.491 e. The van der Waals surface area contributed by atoms with Gasteiger partial charge in [-0.25, -0.2) is 4.98 Å². The third-order valence-corrected chi connectivity index (χ3v) is 5.00. The van der Waals surface area contributed by atoms with E-state index in [-0.39, 0.29) is 25.9 Å². The average Bonchev–Trinajstić information content (AvgIpc) is 3.48. The molecule has 170 valence electrons. The van der Waals surface area contributed by atoms with Crippen molar-refractivity contribution in [3.8, 4) is 17.6 Å². The van der Waals surface area contributed by atoms with E-state index in [1.807, 2.05) is 17.7 Å². The second-order valence-electron chi connectivity index (χ2n) is 7.65. The van der Waals surface area contributed by atoms with Crippen molar-refractivity contribution >= 4 is 0 Å². The third kappa shape index (κ3) is 5.55. The zero-order valence-corrected chi connectivity index (χ0v) is 18.1. The molecule has 1 aromatic carbocycles. The van der Waals surface area contributed by atoms with E-state index in [0.29, 0.717) is 23.0 Å². The lowest BCUT2D eigenvalue weighted by Crippen LogP contribution is -2.52. The zero-order valence-electron chi connectivity index (χ0n) is 18.1. The van der Waals surface area contributed by atoms with Crippen molar-refractivity contribution in [3.63, 3.8) is 0 Å².